The fourth-order valence-corrected chi connectivity index (χ4v) is 5.97. The fourth-order valence-electron chi connectivity index (χ4n) is 5.97. The molecule has 1 saturated heterocycles. The van der Waals surface area contributed by atoms with E-state index in [2.05, 4.69) is 29.6 Å². The average Bonchev–Trinajstić information content (AvgIpc) is 3.52. The first-order valence-electron chi connectivity index (χ1n) is 12.6. The number of piperidine rings is 1. The van der Waals surface area contributed by atoms with Gasteiger partial charge in [0.05, 0.1) is 5.92 Å². The maximum atomic E-state index is 13.3. The summed E-state index contributed by atoms with van der Waals surface area (Å²) in [5, 5.41) is 12.2. The summed E-state index contributed by atoms with van der Waals surface area (Å²) in [6.07, 6.45) is 2.36. The highest BCUT2D eigenvalue weighted by Crippen LogP contribution is 2.51. The van der Waals surface area contributed by atoms with Crippen LogP contribution in [0.4, 0.5) is 4.79 Å². The number of hydrogen-bond donors (Lipinski definition) is 2. The van der Waals surface area contributed by atoms with Gasteiger partial charge in [-0.2, -0.15) is 0 Å². The molecule has 0 aromatic heterocycles. The molecular formula is C28H32N2O5. The number of nitrogens with zero attached hydrogens (tertiary/aromatic N) is 1. The summed E-state index contributed by atoms with van der Waals surface area (Å²) in [7, 11) is 0. The number of carbonyl (C=O) groups is 3. The molecule has 2 aromatic rings. The molecule has 2 unspecified atom stereocenters. The monoisotopic (exact) mass is 476 g/mol. The number of likely N-dealkylation sites (tertiary alicyclic amines) is 1. The van der Waals surface area contributed by atoms with Crippen LogP contribution in [0.1, 0.15) is 49.7 Å². The molecule has 35 heavy (non-hydrogen) atoms. The number of benzene rings is 2. The standard InChI is InChI=1S/C28H32N2O5/c1-2-3-12-24(26(31)30-14-13-21-22(15-30)25(21)27(32)33)29-28(34)35-16-23-19-10-6-4-8-17(19)18-9-5-7-11-20(18)23/h4-11,21-25H,2-3,12-16H2,1H3,(H,29,34)(H,32,33)/t21-,22+,24?,25?/m1/s1. The fraction of sp³-hybridized carbons (Fsp3) is 0.464. The molecule has 184 valence electrons. The maximum Gasteiger partial charge on any atom is 0.407 e. The van der Waals surface area contributed by atoms with Crippen LogP contribution in [0.3, 0.4) is 0 Å². The summed E-state index contributed by atoms with van der Waals surface area (Å²) in [4.78, 5) is 39.2. The Morgan fingerprint density at radius 2 is 1.71 bits per heavy atom. The third kappa shape index (κ3) is 4.51. The van der Waals surface area contributed by atoms with Crippen molar-refractivity contribution in [3.8, 4) is 11.1 Å². The zero-order chi connectivity index (χ0) is 24.5. The molecule has 0 bridgehead atoms. The van der Waals surface area contributed by atoms with E-state index in [-0.39, 0.29) is 36.2 Å². The molecule has 2 amide bonds. The number of fused-ring (bicyclic) bond motifs is 4. The van der Waals surface area contributed by atoms with E-state index in [9.17, 15) is 19.5 Å². The Hall–Kier alpha value is -3.35. The van der Waals surface area contributed by atoms with Crippen molar-refractivity contribution < 1.29 is 24.2 Å². The second kappa shape index (κ2) is 9.72. The minimum atomic E-state index is -0.770. The maximum absolute atomic E-state index is 13.3. The number of unbranched alkanes of at least 4 members (excludes halogenated alkanes) is 1. The predicted molar refractivity (Wildman–Crippen MR) is 131 cm³/mol. The van der Waals surface area contributed by atoms with Crippen LogP contribution in [0.15, 0.2) is 48.5 Å². The van der Waals surface area contributed by atoms with Crippen molar-refractivity contribution in [3.63, 3.8) is 0 Å². The summed E-state index contributed by atoms with van der Waals surface area (Å²) in [5.41, 5.74) is 4.60. The largest absolute Gasteiger partial charge is 0.481 e. The van der Waals surface area contributed by atoms with Gasteiger partial charge in [-0.15, -0.1) is 0 Å². The van der Waals surface area contributed by atoms with Crippen molar-refractivity contribution in [2.24, 2.45) is 17.8 Å². The summed E-state index contributed by atoms with van der Waals surface area (Å²) in [6, 6.07) is 15.7. The molecule has 2 aliphatic carbocycles. The van der Waals surface area contributed by atoms with Crippen LogP contribution in [-0.2, 0) is 14.3 Å². The van der Waals surface area contributed by atoms with E-state index in [0.717, 1.165) is 35.1 Å². The molecule has 0 radical (unpaired) electrons. The van der Waals surface area contributed by atoms with Crippen molar-refractivity contribution in [1.29, 1.82) is 0 Å². The Labute approximate surface area is 205 Å². The molecule has 2 fully saturated rings. The van der Waals surface area contributed by atoms with E-state index in [1.54, 1.807) is 4.90 Å². The highest BCUT2D eigenvalue weighted by Gasteiger charge is 2.57. The van der Waals surface area contributed by atoms with Crippen LogP contribution in [0.25, 0.3) is 11.1 Å². The Morgan fingerprint density at radius 3 is 2.34 bits per heavy atom. The number of ether oxygens (including phenoxy) is 1. The summed E-state index contributed by atoms with van der Waals surface area (Å²) < 4.78 is 5.67. The van der Waals surface area contributed by atoms with Crippen LogP contribution in [-0.4, -0.2) is 53.7 Å². The van der Waals surface area contributed by atoms with Gasteiger partial charge in [-0.1, -0.05) is 68.3 Å². The third-order valence-electron chi connectivity index (χ3n) is 7.87. The Morgan fingerprint density at radius 1 is 1.06 bits per heavy atom. The van der Waals surface area contributed by atoms with Crippen molar-refractivity contribution in [2.45, 2.75) is 44.6 Å². The first-order valence-corrected chi connectivity index (χ1v) is 12.6. The van der Waals surface area contributed by atoms with Crippen LogP contribution >= 0.6 is 0 Å². The van der Waals surface area contributed by atoms with E-state index >= 15 is 0 Å². The SMILES string of the molecule is CCCCC(NC(=O)OCC1c2ccccc2-c2ccccc21)C(=O)N1CC[C@H]2C(C(=O)O)[C@H]2C1. The number of carbonyl (C=O) groups excluding carboxylic acids is 2. The first-order chi connectivity index (χ1) is 17.0. The van der Waals surface area contributed by atoms with Crippen molar-refractivity contribution in [1.82, 2.24) is 10.2 Å². The number of hydrogen-bond acceptors (Lipinski definition) is 4. The minimum Gasteiger partial charge on any atom is -0.481 e. The molecule has 2 aromatic carbocycles. The van der Waals surface area contributed by atoms with Gasteiger partial charge in [0, 0.05) is 19.0 Å². The summed E-state index contributed by atoms with van der Waals surface area (Å²) in [6.45, 7) is 3.23. The first kappa shape index (κ1) is 23.4. The lowest BCUT2D eigenvalue weighted by molar-refractivity contribution is -0.139. The Bertz CT molecular complexity index is 1090. The topological polar surface area (TPSA) is 95.9 Å². The van der Waals surface area contributed by atoms with Gasteiger partial charge in [-0.05, 0) is 46.9 Å². The van der Waals surface area contributed by atoms with Crippen LogP contribution in [0.5, 0.6) is 0 Å². The predicted octanol–water partition coefficient (Wildman–Crippen LogP) is 4.26. The third-order valence-corrected chi connectivity index (χ3v) is 7.87. The number of rotatable bonds is 8. The van der Waals surface area contributed by atoms with Gasteiger partial charge in [0.1, 0.15) is 12.6 Å². The molecule has 7 nitrogen and oxygen atoms in total. The zero-order valence-electron chi connectivity index (χ0n) is 20.0. The van der Waals surface area contributed by atoms with Gasteiger partial charge in [-0.3, -0.25) is 9.59 Å². The Balaban J connectivity index is 1.22. The molecule has 1 heterocycles. The molecule has 7 heteroatoms. The van der Waals surface area contributed by atoms with Gasteiger partial charge in [0.2, 0.25) is 5.91 Å². The number of carboxylic acid groups (broad SMARTS) is 1. The van der Waals surface area contributed by atoms with Crippen LogP contribution in [0, 0.1) is 17.8 Å². The zero-order valence-corrected chi connectivity index (χ0v) is 20.0. The number of alkyl carbamates (subject to hydrolysis) is 1. The van der Waals surface area contributed by atoms with Crippen molar-refractivity contribution in [3.05, 3.63) is 59.7 Å². The molecule has 2 N–H and O–H groups in total. The van der Waals surface area contributed by atoms with E-state index < -0.39 is 18.1 Å². The van der Waals surface area contributed by atoms with Crippen molar-refractivity contribution in [2.75, 3.05) is 19.7 Å². The van der Waals surface area contributed by atoms with Crippen molar-refractivity contribution >= 4 is 18.0 Å². The van der Waals surface area contributed by atoms with Gasteiger partial charge < -0.3 is 20.1 Å². The average molecular weight is 477 g/mol. The van der Waals surface area contributed by atoms with Gasteiger partial charge in [-0.25, -0.2) is 4.79 Å². The molecular weight excluding hydrogens is 444 g/mol. The van der Waals surface area contributed by atoms with E-state index in [4.69, 9.17) is 4.74 Å². The lowest BCUT2D eigenvalue weighted by atomic mass is 9.98. The second-order valence-electron chi connectivity index (χ2n) is 9.93. The lowest BCUT2D eigenvalue weighted by Gasteiger charge is -2.30. The molecule has 4 atom stereocenters. The van der Waals surface area contributed by atoms with Gasteiger partial charge in [0.25, 0.3) is 0 Å². The molecule has 1 aliphatic heterocycles. The molecule has 3 aliphatic rings. The quantitative estimate of drug-likeness (QED) is 0.593. The number of aliphatic carboxylic acids is 1. The number of amides is 2. The van der Waals surface area contributed by atoms with E-state index in [1.165, 1.54) is 0 Å². The number of carboxylic acids is 1. The van der Waals surface area contributed by atoms with Crippen LogP contribution in [0.2, 0.25) is 0 Å². The van der Waals surface area contributed by atoms with Gasteiger partial charge >= 0.3 is 12.1 Å². The highest BCUT2D eigenvalue weighted by molar-refractivity contribution is 5.86. The normalized spacial score (nSPS) is 23.0. The summed E-state index contributed by atoms with van der Waals surface area (Å²) in [5.74, 6) is -1.07. The highest BCUT2D eigenvalue weighted by atomic mass is 16.5. The summed E-state index contributed by atoms with van der Waals surface area (Å²) >= 11 is 0. The molecule has 1 saturated carbocycles. The second-order valence-corrected chi connectivity index (χ2v) is 9.93. The lowest BCUT2D eigenvalue weighted by Crippen LogP contribution is -2.50. The van der Waals surface area contributed by atoms with E-state index in [1.807, 2.05) is 31.2 Å². The Kier molecular flexibility index (Phi) is 6.50. The smallest absolute Gasteiger partial charge is 0.407 e. The van der Waals surface area contributed by atoms with Crippen LogP contribution < -0.4 is 5.32 Å². The molecule has 5 rings (SSSR count). The van der Waals surface area contributed by atoms with E-state index in [0.29, 0.717) is 25.9 Å². The number of nitrogens with one attached hydrogen (secondary N) is 1. The van der Waals surface area contributed by atoms with Gasteiger partial charge in [0.15, 0.2) is 0 Å². The molecule has 0 spiro atoms. The minimum absolute atomic E-state index is 0.0338.